The van der Waals surface area contributed by atoms with E-state index in [1.807, 2.05) is 17.0 Å². The molecule has 5 rings (SSSR count). The SMILES string of the molecule is O=C(c1cnco1)N1CCc2[nH]cnc2[C@H]1c1cc2ccccc2s1. The highest BCUT2D eigenvalue weighted by Crippen LogP contribution is 2.39. The van der Waals surface area contributed by atoms with Gasteiger partial charge < -0.3 is 14.3 Å². The molecule has 4 heterocycles. The van der Waals surface area contributed by atoms with Crippen LogP contribution in [0.3, 0.4) is 0 Å². The number of rotatable bonds is 2. The Morgan fingerprint density at radius 1 is 1.36 bits per heavy atom. The number of H-pyrrole nitrogens is 1. The standard InChI is InChI=1S/C18H14N4O2S/c23-18(13-8-19-10-24-13)22-6-5-12-16(21-9-20-12)17(22)15-7-11-3-1-2-4-14(11)25-15/h1-4,7-10,17H,5-6H2,(H,20,21)/t17-/m1/s1. The Kier molecular flexibility index (Phi) is 3.21. The van der Waals surface area contributed by atoms with Gasteiger partial charge in [-0.25, -0.2) is 9.97 Å². The maximum atomic E-state index is 13.0. The monoisotopic (exact) mass is 350 g/mol. The van der Waals surface area contributed by atoms with Crippen molar-refractivity contribution < 1.29 is 9.21 Å². The van der Waals surface area contributed by atoms with Crippen molar-refractivity contribution in [2.45, 2.75) is 12.5 Å². The summed E-state index contributed by atoms with van der Waals surface area (Å²) in [6, 6.07) is 10.2. The topological polar surface area (TPSA) is 75.0 Å². The molecule has 25 heavy (non-hydrogen) atoms. The van der Waals surface area contributed by atoms with E-state index in [9.17, 15) is 4.79 Å². The van der Waals surface area contributed by atoms with Gasteiger partial charge in [0.1, 0.15) is 6.04 Å². The van der Waals surface area contributed by atoms with Crippen LogP contribution in [0.1, 0.15) is 32.9 Å². The number of aromatic nitrogens is 3. The third-order valence-corrected chi connectivity index (χ3v) is 5.71. The van der Waals surface area contributed by atoms with Gasteiger partial charge in [-0.2, -0.15) is 0 Å². The molecule has 124 valence electrons. The zero-order chi connectivity index (χ0) is 16.8. The summed E-state index contributed by atoms with van der Waals surface area (Å²) in [5, 5.41) is 1.18. The number of thiophene rings is 1. The normalized spacial score (nSPS) is 17.0. The lowest BCUT2D eigenvalue weighted by atomic mass is 10.0. The number of fused-ring (bicyclic) bond motifs is 2. The Hall–Kier alpha value is -2.93. The fraction of sp³-hybridized carbons (Fsp3) is 0.167. The molecule has 1 aliphatic heterocycles. The van der Waals surface area contributed by atoms with Crippen LogP contribution in [0.15, 0.2) is 53.7 Å². The molecule has 0 fully saturated rings. The zero-order valence-electron chi connectivity index (χ0n) is 13.2. The molecule has 0 radical (unpaired) electrons. The van der Waals surface area contributed by atoms with Gasteiger partial charge in [-0.3, -0.25) is 4.79 Å². The minimum absolute atomic E-state index is 0.159. The van der Waals surface area contributed by atoms with E-state index in [1.165, 1.54) is 22.7 Å². The van der Waals surface area contributed by atoms with Crippen molar-refractivity contribution in [1.82, 2.24) is 19.9 Å². The van der Waals surface area contributed by atoms with Crippen molar-refractivity contribution in [2.24, 2.45) is 0 Å². The zero-order valence-corrected chi connectivity index (χ0v) is 14.0. The third-order valence-electron chi connectivity index (χ3n) is 4.54. The van der Waals surface area contributed by atoms with E-state index in [1.54, 1.807) is 17.7 Å². The van der Waals surface area contributed by atoms with Gasteiger partial charge in [0.05, 0.1) is 18.2 Å². The molecule has 1 aliphatic rings. The number of oxazole rings is 1. The maximum absolute atomic E-state index is 13.0. The summed E-state index contributed by atoms with van der Waals surface area (Å²) in [5.41, 5.74) is 2.00. The van der Waals surface area contributed by atoms with Crippen LogP contribution in [0.5, 0.6) is 0 Å². The molecule has 1 amide bonds. The summed E-state index contributed by atoms with van der Waals surface area (Å²) in [6.07, 6.45) is 5.19. The molecular weight excluding hydrogens is 336 g/mol. The highest BCUT2D eigenvalue weighted by atomic mass is 32.1. The van der Waals surface area contributed by atoms with E-state index >= 15 is 0 Å². The van der Waals surface area contributed by atoms with Gasteiger partial charge in [-0.1, -0.05) is 18.2 Å². The Morgan fingerprint density at radius 3 is 3.12 bits per heavy atom. The number of amides is 1. The molecule has 0 unspecified atom stereocenters. The summed E-state index contributed by atoms with van der Waals surface area (Å²) >= 11 is 1.70. The van der Waals surface area contributed by atoms with Crippen LogP contribution < -0.4 is 0 Å². The summed E-state index contributed by atoms with van der Waals surface area (Å²) < 4.78 is 6.44. The molecular formula is C18H14N4O2S. The van der Waals surface area contributed by atoms with Gasteiger partial charge >= 0.3 is 0 Å². The fourth-order valence-electron chi connectivity index (χ4n) is 3.38. The van der Waals surface area contributed by atoms with Crippen molar-refractivity contribution in [3.8, 4) is 0 Å². The predicted octanol–water partition coefficient (Wildman–Crippen LogP) is 3.40. The van der Waals surface area contributed by atoms with Crippen molar-refractivity contribution in [1.29, 1.82) is 0 Å². The van der Waals surface area contributed by atoms with E-state index in [2.05, 4.69) is 33.2 Å². The molecule has 3 aromatic heterocycles. The third kappa shape index (κ3) is 2.27. The number of nitrogens with zero attached hydrogens (tertiary/aromatic N) is 3. The van der Waals surface area contributed by atoms with E-state index in [4.69, 9.17) is 4.42 Å². The molecule has 6 nitrogen and oxygen atoms in total. The van der Waals surface area contributed by atoms with Crippen molar-refractivity contribution >= 4 is 27.3 Å². The van der Waals surface area contributed by atoms with Crippen LogP contribution in [0.2, 0.25) is 0 Å². The lowest BCUT2D eigenvalue weighted by Crippen LogP contribution is -2.40. The fourth-order valence-corrected chi connectivity index (χ4v) is 4.57. The van der Waals surface area contributed by atoms with Crippen LogP contribution in [-0.4, -0.2) is 32.3 Å². The number of hydrogen-bond acceptors (Lipinski definition) is 5. The summed E-state index contributed by atoms with van der Waals surface area (Å²) in [6.45, 7) is 0.605. The van der Waals surface area contributed by atoms with Gasteiger partial charge in [-0.15, -0.1) is 11.3 Å². The molecule has 0 saturated heterocycles. The Morgan fingerprint density at radius 2 is 2.28 bits per heavy atom. The van der Waals surface area contributed by atoms with E-state index in [-0.39, 0.29) is 17.7 Å². The molecule has 7 heteroatoms. The first-order valence-corrected chi connectivity index (χ1v) is 8.83. The van der Waals surface area contributed by atoms with Crippen molar-refractivity contribution in [3.05, 3.63) is 71.3 Å². The Balaban J connectivity index is 1.64. The smallest absolute Gasteiger partial charge is 0.292 e. The van der Waals surface area contributed by atoms with Gasteiger partial charge in [0.15, 0.2) is 6.39 Å². The highest BCUT2D eigenvalue weighted by Gasteiger charge is 2.36. The van der Waals surface area contributed by atoms with Crippen LogP contribution in [0.25, 0.3) is 10.1 Å². The summed E-state index contributed by atoms with van der Waals surface area (Å²) in [5.74, 6) is 0.0960. The quantitative estimate of drug-likeness (QED) is 0.601. The molecule has 4 aromatic rings. The first-order valence-electron chi connectivity index (χ1n) is 8.01. The number of carbonyl (C=O) groups is 1. The second-order valence-corrected chi connectivity index (χ2v) is 7.09. The Bertz CT molecular complexity index is 1020. The van der Waals surface area contributed by atoms with Crippen molar-refractivity contribution in [3.63, 3.8) is 0 Å². The van der Waals surface area contributed by atoms with Gasteiger partial charge in [0.2, 0.25) is 5.76 Å². The van der Waals surface area contributed by atoms with E-state index in [0.717, 1.165) is 22.7 Å². The summed E-state index contributed by atoms with van der Waals surface area (Å²) in [4.78, 5) is 27.5. The summed E-state index contributed by atoms with van der Waals surface area (Å²) in [7, 11) is 0. The van der Waals surface area contributed by atoms with E-state index < -0.39 is 0 Å². The minimum Gasteiger partial charge on any atom is -0.438 e. The largest absolute Gasteiger partial charge is 0.438 e. The van der Waals surface area contributed by atoms with Gasteiger partial charge in [0.25, 0.3) is 5.91 Å². The number of carbonyl (C=O) groups excluding carboxylic acids is 1. The van der Waals surface area contributed by atoms with Crippen LogP contribution >= 0.6 is 11.3 Å². The van der Waals surface area contributed by atoms with Crippen molar-refractivity contribution in [2.75, 3.05) is 6.54 Å². The molecule has 1 N–H and O–H groups in total. The second kappa shape index (κ2) is 5.56. The molecule has 0 aliphatic carbocycles. The first kappa shape index (κ1) is 14.4. The highest BCUT2D eigenvalue weighted by molar-refractivity contribution is 7.19. The minimum atomic E-state index is -0.218. The second-order valence-electron chi connectivity index (χ2n) is 5.97. The number of hydrogen-bond donors (Lipinski definition) is 1. The lowest BCUT2D eigenvalue weighted by molar-refractivity contribution is 0.0660. The Labute approximate surface area is 147 Å². The number of nitrogens with one attached hydrogen (secondary N) is 1. The average Bonchev–Trinajstić information content (AvgIpc) is 3.39. The van der Waals surface area contributed by atoms with Gasteiger partial charge in [0, 0.05) is 28.2 Å². The molecule has 0 saturated carbocycles. The van der Waals surface area contributed by atoms with E-state index in [0.29, 0.717) is 6.54 Å². The lowest BCUT2D eigenvalue weighted by Gasteiger charge is -2.33. The number of aromatic amines is 1. The molecule has 0 spiro atoms. The average molecular weight is 350 g/mol. The first-order chi connectivity index (χ1) is 12.3. The number of benzene rings is 1. The van der Waals surface area contributed by atoms with Gasteiger partial charge in [-0.05, 0) is 17.5 Å². The van der Waals surface area contributed by atoms with Crippen LogP contribution in [0, 0.1) is 0 Å². The van der Waals surface area contributed by atoms with Crippen LogP contribution in [-0.2, 0) is 6.42 Å². The maximum Gasteiger partial charge on any atom is 0.292 e. The number of imidazole rings is 1. The molecule has 0 bridgehead atoms. The predicted molar refractivity (Wildman–Crippen MR) is 93.5 cm³/mol. The van der Waals surface area contributed by atoms with Crippen LogP contribution in [0.4, 0.5) is 0 Å². The molecule has 1 atom stereocenters. The molecule has 1 aromatic carbocycles.